The molecule has 0 N–H and O–H groups in total. The Bertz CT molecular complexity index is 417. The van der Waals surface area contributed by atoms with E-state index in [1.807, 2.05) is 12.1 Å². The van der Waals surface area contributed by atoms with Gasteiger partial charge in [-0.3, -0.25) is 4.79 Å². The van der Waals surface area contributed by atoms with Gasteiger partial charge in [-0.15, -0.1) is 0 Å². The highest BCUT2D eigenvalue weighted by Gasteiger charge is 2.48. The molecule has 0 aliphatic carbocycles. The number of nitriles is 2. The Morgan fingerprint density at radius 1 is 1.42 bits per heavy atom. The van der Waals surface area contributed by atoms with E-state index in [1.165, 1.54) is 20.3 Å². The van der Waals surface area contributed by atoms with Crippen LogP contribution in [0.5, 0.6) is 0 Å². The first-order valence-electron chi connectivity index (χ1n) is 5.77. The van der Waals surface area contributed by atoms with Gasteiger partial charge in [0.25, 0.3) is 0 Å². The SMILES string of the molecule is CCO/C=C(\N(C)C)C(C)(C(=O)OC)C(C#N)C#N. The third-order valence-electron chi connectivity index (χ3n) is 2.82. The molecule has 0 aromatic heterocycles. The van der Waals surface area contributed by atoms with Gasteiger partial charge in [0.2, 0.25) is 0 Å². The molecular weight excluding hydrogens is 246 g/mol. The monoisotopic (exact) mass is 265 g/mol. The van der Waals surface area contributed by atoms with Crippen LogP contribution in [0.2, 0.25) is 0 Å². The van der Waals surface area contributed by atoms with Crippen LogP contribution in [0, 0.1) is 34.0 Å². The molecule has 0 rings (SSSR count). The van der Waals surface area contributed by atoms with Crippen molar-refractivity contribution in [2.75, 3.05) is 27.8 Å². The summed E-state index contributed by atoms with van der Waals surface area (Å²) < 4.78 is 9.95. The van der Waals surface area contributed by atoms with Gasteiger partial charge in [-0.25, -0.2) is 0 Å². The molecule has 0 aromatic rings. The highest BCUT2D eigenvalue weighted by atomic mass is 16.5. The number of ether oxygens (including phenoxy) is 2. The zero-order chi connectivity index (χ0) is 15.1. The highest BCUT2D eigenvalue weighted by molar-refractivity contribution is 5.81. The second-order valence-electron chi connectivity index (χ2n) is 4.24. The van der Waals surface area contributed by atoms with Crippen molar-refractivity contribution in [1.82, 2.24) is 4.90 Å². The summed E-state index contributed by atoms with van der Waals surface area (Å²) in [5, 5.41) is 18.2. The van der Waals surface area contributed by atoms with Crippen molar-refractivity contribution in [1.29, 1.82) is 10.5 Å². The number of nitrogens with zero attached hydrogens (tertiary/aromatic N) is 3. The summed E-state index contributed by atoms with van der Waals surface area (Å²) in [7, 11) is 4.63. The van der Waals surface area contributed by atoms with Crippen molar-refractivity contribution in [3.05, 3.63) is 12.0 Å². The molecule has 0 spiro atoms. The van der Waals surface area contributed by atoms with E-state index in [0.29, 0.717) is 12.3 Å². The van der Waals surface area contributed by atoms with Crippen LogP contribution in [0.15, 0.2) is 12.0 Å². The molecule has 0 amide bonds. The van der Waals surface area contributed by atoms with E-state index in [9.17, 15) is 4.79 Å². The molecule has 6 nitrogen and oxygen atoms in total. The first-order valence-corrected chi connectivity index (χ1v) is 5.77. The Hall–Kier alpha value is -2.21. The van der Waals surface area contributed by atoms with Crippen LogP contribution in [-0.2, 0) is 14.3 Å². The standard InChI is InChI=1S/C13H19N3O3/c1-6-19-9-11(16(3)4)13(2,12(17)18-5)10(7-14)8-15/h9-10H,6H2,1-5H3/b11-9-. The van der Waals surface area contributed by atoms with Crippen LogP contribution in [0.4, 0.5) is 0 Å². The first kappa shape index (κ1) is 16.8. The largest absolute Gasteiger partial charge is 0.500 e. The average molecular weight is 265 g/mol. The van der Waals surface area contributed by atoms with Gasteiger partial charge in [0, 0.05) is 14.1 Å². The van der Waals surface area contributed by atoms with Crippen LogP contribution in [0.3, 0.4) is 0 Å². The number of hydrogen-bond acceptors (Lipinski definition) is 6. The predicted octanol–water partition coefficient (Wildman–Crippen LogP) is 1.27. The summed E-state index contributed by atoms with van der Waals surface area (Å²) in [6, 6.07) is 3.67. The molecular formula is C13H19N3O3. The summed E-state index contributed by atoms with van der Waals surface area (Å²) in [4.78, 5) is 13.7. The normalized spacial score (nSPS) is 14.0. The smallest absolute Gasteiger partial charge is 0.320 e. The van der Waals surface area contributed by atoms with Crippen molar-refractivity contribution < 1.29 is 14.3 Å². The summed E-state index contributed by atoms with van der Waals surface area (Å²) >= 11 is 0. The third-order valence-corrected chi connectivity index (χ3v) is 2.82. The fraction of sp³-hybridized carbons (Fsp3) is 0.615. The second-order valence-corrected chi connectivity index (χ2v) is 4.24. The van der Waals surface area contributed by atoms with Crippen molar-refractivity contribution in [2.24, 2.45) is 11.3 Å². The Morgan fingerprint density at radius 2 is 1.95 bits per heavy atom. The fourth-order valence-corrected chi connectivity index (χ4v) is 1.72. The molecule has 1 unspecified atom stereocenters. The molecule has 19 heavy (non-hydrogen) atoms. The average Bonchev–Trinajstić information content (AvgIpc) is 2.38. The highest BCUT2D eigenvalue weighted by Crippen LogP contribution is 2.37. The van der Waals surface area contributed by atoms with Crippen LogP contribution in [0.25, 0.3) is 0 Å². The second kappa shape index (κ2) is 7.27. The quantitative estimate of drug-likeness (QED) is 0.531. The van der Waals surface area contributed by atoms with Crippen molar-refractivity contribution in [3.8, 4) is 12.1 Å². The number of carbonyl (C=O) groups excluding carboxylic acids is 1. The van der Waals surface area contributed by atoms with E-state index in [4.69, 9.17) is 20.0 Å². The minimum atomic E-state index is -1.41. The van der Waals surface area contributed by atoms with Gasteiger partial charge in [0.15, 0.2) is 5.92 Å². The summed E-state index contributed by atoms with van der Waals surface area (Å²) in [5.41, 5.74) is -0.994. The van der Waals surface area contributed by atoms with Gasteiger partial charge < -0.3 is 14.4 Å². The number of carbonyl (C=O) groups is 1. The maximum atomic E-state index is 12.1. The zero-order valence-corrected chi connectivity index (χ0v) is 11.9. The summed E-state index contributed by atoms with van der Waals surface area (Å²) in [5.74, 6) is -1.82. The maximum Gasteiger partial charge on any atom is 0.320 e. The lowest BCUT2D eigenvalue weighted by atomic mass is 9.75. The maximum absolute atomic E-state index is 12.1. The van der Waals surface area contributed by atoms with Gasteiger partial charge in [0.05, 0.1) is 31.6 Å². The molecule has 104 valence electrons. The first-order chi connectivity index (χ1) is 8.89. The number of hydrogen-bond donors (Lipinski definition) is 0. The fourth-order valence-electron chi connectivity index (χ4n) is 1.72. The Kier molecular flexibility index (Phi) is 6.43. The number of methoxy groups -OCH3 is 1. The summed E-state index contributed by atoms with van der Waals surface area (Å²) in [6.45, 7) is 3.71. The van der Waals surface area contributed by atoms with E-state index in [0.717, 1.165) is 0 Å². The minimum absolute atomic E-state index is 0.411. The molecule has 0 aliphatic heterocycles. The lowest BCUT2D eigenvalue weighted by Gasteiger charge is -2.33. The van der Waals surface area contributed by atoms with E-state index in [2.05, 4.69) is 0 Å². The van der Waals surface area contributed by atoms with Gasteiger partial charge in [-0.1, -0.05) is 0 Å². The van der Waals surface area contributed by atoms with Gasteiger partial charge in [0.1, 0.15) is 11.7 Å². The van der Waals surface area contributed by atoms with Gasteiger partial charge in [-0.05, 0) is 13.8 Å². The Labute approximate surface area is 113 Å². The van der Waals surface area contributed by atoms with Gasteiger partial charge >= 0.3 is 5.97 Å². The molecule has 0 aromatic carbocycles. The molecule has 0 fully saturated rings. The zero-order valence-electron chi connectivity index (χ0n) is 11.9. The molecule has 0 bridgehead atoms. The van der Waals surface area contributed by atoms with Crippen molar-refractivity contribution in [3.63, 3.8) is 0 Å². The predicted molar refractivity (Wildman–Crippen MR) is 68.2 cm³/mol. The summed E-state index contributed by atoms with van der Waals surface area (Å²) in [6.07, 6.45) is 1.39. The Balaban J connectivity index is 5.90. The van der Waals surface area contributed by atoms with Crippen LogP contribution >= 0.6 is 0 Å². The van der Waals surface area contributed by atoms with Crippen LogP contribution < -0.4 is 0 Å². The molecule has 0 saturated heterocycles. The molecule has 0 aliphatic rings. The molecule has 6 heteroatoms. The van der Waals surface area contributed by atoms with E-state index < -0.39 is 17.3 Å². The number of rotatable bonds is 6. The van der Waals surface area contributed by atoms with Gasteiger partial charge in [-0.2, -0.15) is 10.5 Å². The van der Waals surface area contributed by atoms with Crippen molar-refractivity contribution in [2.45, 2.75) is 13.8 Å². The van der Waals surface area contributed by atoms with E-state index in [-0.39, 0.29) is 0 Å². The lowest BCUT2D eigenvalue weighted by Crippen LogP contribution is -2.42. The molecule has 0 saturated carbocycles. The molecule has 1 atom stereocenters. The third kappa shape index (κ3) is 3.38. The van der Waals surface area contributed by atoms with E-state index in [1.54, 1.807) is 25.9 Å². The Morgan fingerprint density at radius 3 is 2.26 bits per heavy atom. The minimum Gasteiger partial charge on any atom is -0.500 e. The lowest BCUT2D eigenvalue weighted by molar-refractivity contribution is -0.151. The van der Waals surface area contributed by atoms with E-state index >= 15 is 0 Å². The van der Waals surface area contributed by atoms with Crippen LogP contribution in [-0.4, -0.2) is 38.7 Å². The molecule has 0 heterocycles. The van der Waals surface area contributed by atoms with Crippen molar-refractivity contribution >= 4 is 5.97 Å². The number of esters is 1. The molecule has 0 radical (unpaired) electrons. The van der Waals surface area contributed by atoms with Crippen LogP contribution in [0.1, 0.15) is 13.8 Å². The topological polar surface area (TPSA) is 86.3 Å².